The molecule has 11 heteroatoms. The van der Waals surface area contributed by atoms with Gasteiger partial charge < -0.3 is 4.74 Å². The molecule has 35 heavy (non-hydrogen) atoms. The van der Waals surface area contributed by atoms with Crippen molar-refractivity contribution >= 4 is 23.3 Å². The summed E-state index contributed by atoms with van der Waals surface area (Å²) in [7, 11) is 1.37. The molecule has 0 N–H and O–H groups in total. The van der Waals surface area contributed by atoms with Crippen molar-refractivity contribution in [3.63, 3.8) is 0 Å². The van der Waals surface area contributed by atoms with Gasteiger partial charge in [0.2, 0.25) is 0 Å². The number of rotatable bonds is 4. The molecular formula is C24H21F3N4O4. The van der Waals surface area contributed by atoms with Gasteiger partial charge in [-0.2, -0.15) is 13.2 Å². The molecule has 2 saturated carbocycles. The second-order valence-electron chi connectivity index (χ2n) is 8.79. The SMILES string of the molecule is CN(C(=O)OCC#CC1=Nc2c(c(=O)n(C3CC3)c(=O)n2C2CC2)C1)c1ccc(C(F)(F)F)cc1. The fourth-order valence-corrected chi connectivity index (χ4v) is 3.99. The lowest BCUT2D eigenvalue weighted by atomic mass is 10.2. The number of hydrogen-bond acceptors (Lipinski definition) is 5. The normalized spacial score (nSPS) is 16.7. The van der Waals surface area contributed by atoms with Gasteiger partial charge in [-0.1, -0.05) is 5.92 Å². The van der Waals surface area contributed by atoms with E-state index in [-0.39, 0.29) is 42.0 Å². The third-order valence-corrected chi connectivity index (χ3v) is 6.15. The van der Waals surface area contributed by atoms with Crippen molar-refractivity contribution in [2.24, 2.45) is 4.99 Å². The highest BCUT2D eigenvalue weighted by atomic mass is 19.4. The summed E-state index contributed by atoms with van der Waals surface area (Å²) in [6, 6.07) is 4.13. The Bertz CT molecular complexity index is 1400. The highest BCUT2D eigenvalue weighted by Gasteiger charge is 2.37. The molecule has 8 nitrogen and oxygen atoms in total. The average molecular weight is 486 g/mol. The monoisotopic (exact) mass is 486 g/mol. The minimum Gasteiger partial charge on any atom is -0.436 e. The third kappa shape index (κ3) is 4.48. The molecule has 1 aliphatic heterocycles. The van der Waals surface area contributed by atoms with Crippen LogP contribution >= 0.6 is 0 Å². The maximum atomic E-state index is 12.9. The first-order valence-corrected chi connectivity index (χ1v) is 11.2. The molecule has 0 atom stereocenters. The standard InChI is InChI=1S/C24H21F3N4O4/c1-29(16-6-4-14(5-7-16)24(25,26)27)23(34)35-12-2-3-15-13-19-20(28-15)30(17-8-9-17)22(33)31(21(19)32)18-10-11-18/h4-7,17-18H,8-13H2,1H3. The van der Waals surface area contributed by atoms with Crippen LogP contribution in [0.25, 0.3) is 0 Å². The summed E-state index contributed by atoms with van der Waals surface area (Å²) in [6.45, 7) is -0.277. The number of aliphatic imine (C=N–C) groups is 1. The van der Waals surface area contributed by atoms with Gasteiger partial charge in [-0.05, 0) is 55.9 Å². The Morgan fingerprint density at radius 2 is 1.74 bits per heavy atom. The zero-order valence-corrected chi connectivity index (χ0v) is 18.8. The van der Waals surface area contributed by atoms with E-state index in [1.807, 2.05) is 0 Å². The van der Waals surface area contributed by atoms with Gasteiger partial charge in [0.15, 0.2) is 6.61 Å². The van der Waals surface area contributed by atoms with E-state index in [4.69, 9.17) is 4.74 Å². The number of carbonyl (C=O) groups is 1. The Hall–Kier alpha value is -3.81. The minimum absolute atomic E-state index is 0.0403. The Morgan fingerprint density at radius 1 is 1.11 bits per heavy atom. The largest absolute Gasteiger partial charge is 0.436 e. The maximum absolute atomic E-state index is 12.9. The van der Waals surface area contributed by atoms with Crippen LogP contribution in [-0.2, 0) is 17.3 Å². The van der Waals surface area contributed by atoms with E-state index >= 15 is 0 Å². The average Bonchev–Trinajstić information content (AvgIpc) is 3.75. The molecule has 0 spiro atoms. The number of carbonyl (C=O) groups excluding carboxylic acids is 1. The smallest absolute Gasteiger partial charge is 0.416 e. The molecule has 3 aliphatic rings. The Kier molecular flexibility index (Phi) is 5.54. The zero-order valence-electron chi connectivity index (χ0n) is 18.8. The molecule has 0 unspecified atom stereocenters. The van der Waals surface area contributed by atoms with Crippen molar-refractivity contribution in [3.8, 4) is 11.8 Å². The molecular weight excluding hydrogens is 465 g/mol. The second kappa shape index (κ2) is 8.45. The summed E-state index contributed by atoms with van der Waals surface area (Å²) >= 11 is 0. The second-order valence-corrected chi connectivity index (χ2v) is 8.79. The van der Waals surface area contributed by atoms with Crippen molar-refractivity contribution in [2.75, 3.05) is 18.6 Å². The number of amides is 1. The van der Waals surface area contributed by atoms with E-state index < -0.39 is 17.8 Å². The van der Waals surface area contributed by atoms with Crippen LogP contribution in [0.5, 0.6) is 0 Å². The molecule has 2 aliphatic carbocycles. The van der Waals surface area contributed by atoms with E-state index in [1.165, 1.54) is 23.7 Å². The molecule has 0 saturated heterocycles. The highest BCUT2D eigenvalue weighted by molar-refractivity contribution is 6.06. The quantitative estimate of drug-likeness (QED) is 0.618. The highest BCUT2D eigenvalue weighted by Crippen LogP contribution is 2.40. The van der Waals surface area contributed by atoms with E-state index in [9.17, 15) is 27.6 Å². The van der Waals surface area contributed by atoms with Gasteiger partial charge in [-0.15, -0.1) is 0 Å². The third-order valence-electron chi connectivity index (χ3n) is 6.15. The molecule has 2 fully saturated rings. The number of alkyl halides is 3. The van der Waals surface area contributed by atoms with Crippen molar-refractivity contribution in [1.82, 2.24) is 9.13 Å². The first kappa shape index (κ1) is 23.0. The van der Waals surface area contributed by atoms with Crippen molar-refractivity contribution in [1.29, 1.82) is 0 Å². The number of aromatic nitrogens is 2. The minimum atomic E-state index is -4.46. The Balaban J connectivity index is 1.25. The van der Waals surface area contributed by atoms with Gasteiger partial charge in [-0.3, -0.25) is 18.8 Å². The van der Waals surface area contributed by atoms with E-state index in [2.05, 4.69) is 16.8 Å². The summed E-state index contributed by atoms with van der Waals surface area (Å²) < 4.78 is 46.1. The van der Waals surface area contributed by atoms with Gasteiger partial charge in [0.25, 0.3) is 5.56 Å². The van der Waals surface area contributed by atoms with Crippen LogP contribution in [-0.4, -0.2) is 34.6 Å². The molecule has 5 rings (SSSR count). The summed E-state index contributed by atoms with van der Waals surface area (Å²) in [5.41, 5.74) is -0.329. The summed E-state index contributed by atoms with van der Waals surface area (Å²) in [6.07, 6.45) is -1.67. The van der Waals surface area contributed by atoms with Crippen LogP contribution in [0.1, 0.15) is 48.9 Å². The summed E-state index contributed by atoms with van der Waals surface area (Å²) in [4.78, 5) is 43.5. The predicted molar refractivity (Wildman–Crippen MR) is 121 cm³/mol. The van der Waals surface area contributed by atoms with Crippen LogP contribution in [0, 0.1) is 11.8 Å². The molecule has 182 valence electrons. The zero-order chi connectivity index (χ0) is 24.9. The van der Waals surface area contributed by atoms with Crippen LogP contribution in [0.2, 0.25) is 0 Å². The van der Waals surface area contributed by atoms with Crippen LogP contribution in [0.15, 0.2) is 38.8 Å². The van der Waals surface area contributed by atoms with Crippen LogP contribution < -0.4 is 16.1 Å². The maximum Gasteiger partial charge on any atom is 0.416 e. The number of fused-ring (bicyclic) bond motifs is 1. The van der Waals surface area contributed by atoms with E-state index in [0.29, 0.717) is 17.1 Å². The fourth-order valence-electron chi connectivity index (χ4n) is 3.99. The van der Waals surface area contributed by atoms with Crippen molar-refractivity contribution < 1.29 is 22.7 Å². The van der Waals surface area contributed by atoms with Crippen molar-refractivity contribution in [2.45, 2.75) is 50.4 Å². The lowest BCUT2D eigenvalue weighted by Crippen LogP contribution is -2.40. The summed E-state index contributed by atoms with van der Waals surface area (Å²) in [5, 5.41) is 0. The molecule has 0 bridgehead atoms. The molecule has 2 aromatic rings. The molecule has 1 amide bonds. The number of ether oxygens (including phenoxy) is 1. The van der Waals surface area contributed by atoms with E-state index in [1.54, 1.807) is 4.57 Å². The number of benzene rings is 1. The summed E-state index contributed by atoms with van der Waals surface area (Å²) in [5.74, 6) is 5.86. The van der Waals surface area contributed by atoms with Gasteiger partial charge in [-0.25, -0.2) is 14.6 Å². The molecule has 1 aromatic heterocycles. The van der Waals surface area contributed by atoms with Crippen molar-refractivity contribution in [3.05, 3.63) is 56.2 Å². The lowest BCUT2D eigenvalue weighted by molar-refractivity contribution is -0.137. The van der Waals surface area contributed by atoms with Gasteiger partial charge in [0, 0.05) is 31.2 Å². The Labute approximate surface area is 197 Å². The number of anilines is 1. The topological polar surface area (TPSA) is 85.9 Å². The number of hydrogen-bond donors (Lipinski definition) is 0. The van der Waals surface area contributed by atoms with Crippen LogP contribution in [0.4, 0.5) is 29.5 Å². The first-order valence-electron chi connectivity index (χ1n) is 11.2. The Morgan fingerprint density at radius 3 is 2.34 bits per heavy atom. The first-order chi connectivity index (χ1) is 16.6. The van der Waals surface area contributed by atoms with Gasteiger partial charge in [0.05, 0.1) is 16.8 Å². The molecule has 2 heterocycles. The lowest BCUT2D eigenvalue weighted by Gasteiger charge is -2.17. The predicted octanol–water partition coefficient (Wildman–Crippen LogP) is 3.60. The van der Waals surface area contributed by atoms with E-state index in [0.717, 1.165) is 42.7 Å². The fraction of sp³-hybridized carbons (Fsp3) is 0.417. The number of nitrogens with zero attached hydrogens (tertiary/aromatic N) is 4. The van der Waals surface area contributed by atoms with Crippen LogP contribution in [0.3, 0.4) is 0 Å². The molecule has 1 aromatic carbocycles. The molecule has 0 radical (unpaired) electrons. The van der Waals surface area contributed by atoms with Gasteiger partial charge in [0.1, 0.15) is 5.82 Å². The number of halogens is 3. The van der Waals surface area contributed by atoms with Gasteiger partial charge >= 0.3 is 18.0 Å².